The quantitative estimate of drug-likeness (QED) is 0.917. The van der Waals surface area contributed by atoms with Gasteiger partial charge < -0.3 is 10.2 Å². The Morgan fingerprint density at radius 3 is 2.90 bits per heavy atom. The molecule has 1 saturated heterocycles. The molecule has 2 heterocycles. The van der Waals surface area contributed by atoms with Crippen LogP contribution in [-0.4, -0.2) is 24.0 Å². The molecule has 3 heteroatoms. The van der Waals surface area contributed by atoms with Crippen LogP contribution in [0.5, 0.6) is 0 Å². The Morgan fingerprint density at radius 2 is 2.10 bits per heavy atom. The van der Waals surface area contributed by atoms with E-state index in [1.165, 1.54) is 31.2 Å². The molecule has 1 saturated carbocycles. The fraction of sp³-hybridized carbons (Fsp3) is 0.556. The predicted octanol–water partition coefficient (Wildman–Crippen LogP) is 3.55. The molecule has 4 rings (SSSR count). The maximum atomic E-state index is 6.33. The molecular formula is C18H24N2O. The summed E-state index contributed by atoms with van der Waals surface area (Å²) >= 11 is 0. The Bertz CT molecular complexity index is 602. The van der Waals surface area contributed by atoms with E-state index in [0.29, 0.717) is 18.0 Å². The molecule has 1 aliphatic heterocycles. The van der Waals surface area contributed by atoms with Gasteiger partial charge in [-0.15, -0.1) is 0 Å². The van der Waals surface area contributed by atoms with Gasteiger partial charge in [0.05, 0.1) is 6.04 Å². The monoisotopic (exact) mass is 284 g/mol. The van der Waals surface area contributed by atoms with Crippen LogP contribution in [0.4, 0.5) is 0 Å². The molecule has 0 radical (unpaired) electrons. The molecule has 4 unspecified atom stereocenters. The molecule has 2 aromatic rings. The highest BCUT2D eigenvalue weighted by Crippen LogP contribution is 2.39. The maximum absolute atomic E-state index is 6.33. The summed E-state index contributed by atoms with van der Waals surface area (Å²) in [5.41, 5.74) is 7.33. The smallest absolute Gasteiger partial charge is 0.134 e. The van der Waals surface area contributed by atoms with Gasteiger partial charge in [-0.05, 0) is 43.7 Å². The topological polar surface area (TPSA) is 42.4 Å². The van der Waals surface area contributed by atoms with Crippen LogP contribution in [0.2, 0.25) is 0 Å². The van der Waals surface area contributed by atoms with E-state index in [1.807, 2.05) is 12.1 Å². The van der Waals surface area contributed by atoms with Gasteiger partial charge in [0.2, 0.25) is 0 Å². The first kappa shape index (κ1) is 13.4. The zero-order valence-corrected chi connectivity index (χ0v) is 12.7. The molecule has 2 aliphatic rings. The lowest BCUT2D eigenvalue weighted by Crippen LogP contribution is -2.38. The summed E-state index contributed by atoms with van der Waals surface area (Å²) in [4.78, 5) is 2.57. The average molecular weight is 284 g/mol. The molecule has 0 spiro atoms. The van der Waals surface area contributed by atoms with E-state index in [9.17, 15) is 0 Å². The minimum Gasteiger partial charge on any atom is -0.459 e. The second-order valence-electron chi connectivity index (χ2n) is 6.84. The van der Waals surface area contributed by atoms with Crippen LogP contribution in [0, 0.1) is 11.8 Å². The normalized spacial score (nSPS) is 31.4. The molecule has 21 heavy (non-hydrogen) atoms. The summed E-state index contributed by atoms with van der Waals surface area (Å²) in [6.07, 6.45) is 3.85. The number of likely N-dealkylation sites (tertiary alicyclic amines) is 1. The lowest BCUT2D eigenvalue weighted by molar-refractivity contribution is 0.221. The van der Waals surface area contributed by atoms with Crippen molar-refractivity contribution in [2.45, 2.75) is 38.3 Å². The molecule has 3 nitrogen and oxygen atoms in total. The van der Waals surface area contributed by atoms with Gasteiger partial charge in [0.25, 0.3) is 0 Å². The molecule has 2 fully saturated rings. The summed E-state index contributed by atoms with van der Waals surface area (Å²) in [5.74, 6) is 2.56. The third-order valence-electron chi connectivity index (χ3n) is 5.59. The van der Waals surface area contributed by atoms with Gasteiger partial charge in [-0.3, -0.25) is 4.90 Å². The summed E-state index contributed by atoms with van der Waals surface area (Å²) in [5, 5.41) is 1.20. The number of nitrogens with zero attached hydrogens (tertiary/aromatic N) is 1. The highest BCUT2D eigenvalue weighted by molar-refractivity contribution is 5.77. The number of para-hydroxylation sites is 1. The summed E-state index contributed by atoms with van der Waals surface area (Å²) in [6, 6.07) is 11.2. The van der Waals surface area contributed by atoms with E-state index in [1.54, 1.807) is 0 Å². The van der Waals surface area contributed by atoms with E-state index < -0.39 is 0 Å². The lowest BCUT2D eigenvalue weighted by Gasteiger charge is -2.30. The van der Waals surface area contributed by atoms with E-state index in [2.05, 4.69) is 30.0 Å². The number of furan rings is 1. The van der Waals surface area contributed by atoms with Crippen LogP contribution in [-0.2, 0) is 0 Å². The Kier molecular flexibility index (Phi) is 3.27. The highest BCUT2D eigenvalue weighted by Gasteiger charge is 2.40. The minimum atomic E-state index is 0.343. The van der Waals surface area contributed by atoms with Crippen molar-refractivity contribution in [3.63, 3.8) is 0 Å². The second-order valence-corrected chi connectivity index (χ2v) is 6.84. The lowest BCUT2D eigenvalue weighted by atomic mass is 9.78. The SMILES string of the molecule is CC(c1cc2ccccc2o1)N1CC2CCCC(N)C2C1. The Morgan fingerprint density at radius 1 is 1.24 bits per heavy atom. The molecule has 2 N–H and O–H groups in total. The van der Waals surface area contributed by atoms with E-state index in [0.717, 1.165) is 23.8 Å². The van der Waals surface area contributed by atoms with Crippen LogP contribution in [0.15, 0.2) is 34.7 Å². The first-order valence-electron chi connectivity index (χ1n) is 8.20. The Hall–Kier alpha value is -1.32. The van der Waals surface area contributed by atoms with Crippen molar-refractivity contribution in [2.75, 3.05) is 13.1 Å². The van der Waals surface area contributed by atoms with Crippen LogP contribution >= 0.6 is 0 Å². The number of hydrogen-bond donors (Lipinski definition) is 1. The fourth-order valence-corrected chi connectivity index (χ4v) is 4.26. The molecule has 0 amide bonds. The summed E-state index contributed by atoms with van der Waals surface area (Å²) < 4.78 is 6.05. The number of hydrogen-bond acceptors (Lipinski definition) is 3. The third kappa shape index (κ3) is 2.29. The largest absolute Gasteiger partial charge is 0.459 e. The summed E-state index contributed by atoms with van der Waals surface area (Å²) in [7, 11) is 0. The van der Waals surface area contributed by atoms with Gasteiger partial charge in [-0.2, -0.15) is 0 Å². The van der Waals surface area contributed by atoms with Crippen LogP contribution in [0.25, 0.3) is 11.0 Å². The number of rotatable bonds is 2. The van der Waals surface area contributed by atoms with Gasteiger partial charge in [0, 0.05) is 24.5 Å². The zero-order chi connectivity index (χ0) is 14.4. The molecule has 1 aromatic carbocycles. The average Bonchev–Trinajstić information content (AvgIpc) is 3.11. The first-order chi connectivity index (χ1) is 10.2. The minimum absolute atomic E-state index is 0.343. The Labute approximate surface area is 126 Å². The molecule has 0 bridgehead atoms. The van der Waals surface area contributed by atoms with Crippen LogP contribution < -0.4 is 5.73 Å². The third-order valence-corrected chi connectivity index (χ3v) is 5.59. The van der Waals surface area contributed by atoms with Crippen LogP contribution in [0.1, 0.15) is 38.0 Å². The van der Waals surface area contributed by atoms with Crippen molar-refractivity contribution < 1.29 is 4.42 Å². The van der Waals surface area contributed by atoms with Crippen molar-refractivity contribution in [1.82, 2.24) is 4.90 Å². The van der Waals surface area contributed by atoms with E-state index >= 15 is 0 Å². The van der Waals surface area contributed by atoms with Gasteiger partial charge in [0.1, 0.15) is 11.3 Å². The van der Waals surface area contributed by atoms with E-state index in [-0.39, 0.29) is 0 Å². The molecular weight excluding hydrogens is 260 g/mol. The van der Waals surface area contributed by atoms with Crippen LogP contribution in [0.3, 0.4) is 0 Å². The fourth-order valence-electron chi connectivity index (χ4n) is 4.26. The molecule has 1 aromatic heterocycles. The van der Waals surface area contributed by atoms with E-state index in [4.69, 9.17) is 10.2 Å². The number of benzene rings is 1. The standard InChI is InChI=1S/C18H24N2O/c1-12(18-9-13-5-2-3-8-17(13)21-18)20-10-14-6-4-7-16(19)15(14)11-20/h2-3,5,8-9,12,14-16H,4,6-7,10-11,19H2,1H3. The van der Waals surface area contributed by atoms with Crippen molar-refractivity contribution >= 4 is 11.0 Å². The van der Waals surface area contributed by atoms with Crippen molar-refractivity contribution in [2.24, 2.45) is 17.6 Å². The predicted molar refractivity (Wildman–Crippen MR) is 85.0 cm³/mol. The number of fused-ring (bicyclic) bond motifs is 2. The molecule has 1 aliphatic carbocycles. The van der Waals surface area contributed by atoms with Gasteiger partial charge in [0.15, 0.2) is 0 Å². The van der Waals surface area contributed by atoms with Gasteiger partial charge in [-0.25, -0.2) is 0 Å². The second kappa shape index (κ2) is 5.15. The van der Waals surface area contributed by atoms with Crippen molar-refractivity contribution in [3.8, 4) is 0 Å². The zero-order valence-electron chi connectivity index (χ0n) is 12.7. The van der Waals surface area contributed by atoms with Crippen molar-refractivity contribution in [1.29, 1.82) is 0 Å². The highest BCUT2D eigenvalue weighted by atomic mass is 16.3. The molecule has 4 atom stereocenters. The summed E-state index contributed by atoms with van der Waals surface area (Å²) in [6.45, 7) is 4.57. The first-order valence-corrected chi connectivity index (χ1v) is 8.20. The van der Waals surface area contributed by atoms with Crippen molar-refractivity contribution in [3.05, 3.63) is 36.1 Å². The molecule has 112 valence electrons. The number of nitrogens with two attached hydrogens (primary N) is 1. The van der Waals surface area contributed by atoms with Gasteiger partial charge in [-0.1, -0.05) is 24.6 Å². The maximum Gasteiger partial charge on any atom is 0.134 e. The van der Waals surface area contributed by atoms with Gasteiger partial charge >= 0.3 is 0 Å². The Balaban J connectivity index is 1.56.